The SMILES string of the molecule is c1ccc(-c2ccc3c(c2)oc2cccc(C4=NC(c5ccccc5)NC(c5ccc(-c6ccc7c(ccc8ccccc87)c6)cc5)N4)c23)cc1. The fourth-order valence-electron chi connectivity index (χ4n) is 7.57. The van der Waals surface area contributed by atoms with Gasteiger partial charge in [0.25, 0.3) is 0 Å². The number of amidine groups is 1. The van der Waals surface area contributed by atoms with Gasteiger partial charge in [-0.15, -0.1) is 0 Å². The molecule has 2 unspecified atom stereocenters. The molecule has 8 aromatic carbocycles. The Kier molecular flexibility index (Phi) is 7.00. The van der Waals surface area contributed by atoms with Crippen LogP contribution in [0, 0.1) is 0 Å². The molecule has 1 aliphatic heterocycles. The predicted molar refractivity (Wildman–Crippen MR) is 211 cm³/mol. The third-order valence-electron chi connectivity index (χ3n) is 10.2. The van der Waals surface area contributed by atoms with Crippen LogP contribution in [0.2, 0.25) is 0 Å². The molecule has 10 rings (SSSR count). The minimum Gasteiger partial charge on any atom is -0.456 e. The Hall–Kier alpha value is -6.49. The molecule has 0 spiro atoms. The van der Waals surface area contributed by atoms with Crippen LogP contribution in [0.5, 0.6) is 0 Å². The van der Waals surface area contributed by atoms with Gasteiger partial charge in [0.2, 0.25) is 0 Å². The van der Waals surface area contributed by atoms with Crippen LogP contribution in [-0.2, 0) is 0 Å². The van der Waals surface area contributed by atoms with Gasteiger partial charge in [0.1, 0.15) is 29.3 Å². The van der Waals surface area contributed by atoms with Crippen LogP contribution < -0.4 is 10.6 Å². The van der Waals surface area contributed by atoms with Gasteiger partial charge in [0.05, 0.1) is 0 Å². The Labute approximate surface area is 295 Å². The van der Waals surface area contributed by atoms with E-state index in [1.807, 2.05) is 18.2 Å². The van der Waals surface area contributed by atoms with E-state index in [1.165, 1.54) is 38.2 Å². The third kappa shape index (κ3) is 5.25. The highest BCUT2D eigenvalue weighted by Crippen LogP contribution is 2.36. The van der Waals surface area contributed by atoms with Crippen LogP contribution in [0.25, 0.3) is 65.7 Å². The standard InChI is InChI=1S/C47H33N3O/c1-3-10-30(11-4-1)36-25-27-40-43(29-36)51-42-17-9-16-41(44(40)42)47-49-45(33-13-5-2-6-14-33)48-46(50-47)34-21-18-31(19-22-34)35-24-26-39-37(28-35)23-20-32-12-7-8-15-38(32)39/h1-29,45-46,48H,(H,49,50). The van der Waals surface area contributed by atoms with Crippen LogP contribution >= 0.6 is 0 Å². The molecule has 0 bridgehead atoms. The Balaban J connectivity index is 1.02. The van der Waals surface area contributed by atoms with Crippen molar-refractivity contribution in [2.24, 2.45) is 4.99 Å². The van der Waals surface area contributed by atoms with Gasteiger partial charge in [-0.05, 0) is 79.2 Å². The zero-order valence-electron chi connectivity index (χ0n) is 27.8. The van der Waals surface area contributed by atoms with Crippen LogP contribution in [0.1, 0.15) is 29.0 Å². The number of nitrogens with zero attached hydrogens (tertiary/aromatic N) is 1. The molecule has 242 valence electrons. The molecular weight excluding hydrogens is 623 g/mol. The van der Waals surface area contributed by atoms with Gasteiger partial charge in [-0.3, -0.25) is 5.32 Å². The van der Waals surface area contributed by atoms with Gasteiger partial charge < -0.3 is 9.73 Å². The molecule has 2 atom stereocenters. The minimum absolute atomic E-state index is 0.169. The maximum atomic E-state index is 6.47. The summed E-state index contributed by atoms with van der Waals surface area (Å²) in [4.78, 5) is 5.27. The van der Waals surface area contributed by atoms with Crippen molar-refractivity contribution >= 4 is 49.3 Å². The summed E-state index contributed by atoms with van der Waals surface area (Å²) in [6, 6.07) is 62.3. The van der Waals surface area contributed by atoms with Crippen molar-refractivity contribution in [1.29, 1.82) is 0 Å². The first-order valence-electron chi connectivity index (χ1n) is 17.4. The molecule has 0 fully saturated rings. The third-order valence-corrected chi connectivity index (χ3v) is 10.2. The van der Waals surface area contributed by atoms with Gasteiger partial charge in [-0.25, -0.2) is 4.99 Å². The summed E-state index contributed by atoms with van der Waals surface area (Å²) in [6.07, 6.45) is -0.404. The lowest BCUT2D eigenvalue weighted by Gasteiger charge is -2.32. The van der Waals surface area contributed by atoms with Crippen LogP contribution in [-0.4, -0.2) is 5.84 Å². The normalized spacial score (nSPS) is 16.0. The Bertz CT molecular complexity index is 2750. The summed E-state index contributed by atoms with van der Waals surface area (Å²) in [5, 5.41) is 14.7. The molecule has 2 N–H and O–H groups in total. The van der Waals surface area contributed by atoms with Crippen molar-refractivity contribution in [2.45, 2.75) is 12.3 Å². The first kappa shape index (κ1) is 29.4. The van der Waals surface area contributed by atoms with E-state index in [0.29, 0.717) is 0 Å². The maximum absolute atomic E-state index is 6.47. The summed E-state index contributed by atoms with van der Waals surface area (Å²) in [5.41, 5.74) is 9.65. The molecule has 4 heteroatoms. The Morgan fingerprint density at radius 2 is 1.12 bits per heavy atom. The monoisotopic (exact) mass is 655 g/mol. The van der Waals surface area contributed by atoms with E-state index in [0.717, 1.165) is 50.0 Å². The summed E-state index contributed by atoms with van der Waals surface area (Å²) >= 11 is 0. The summed E-state index contributed by atoms with van der Waals surface area (Å²) in [5.74, 6) is 0.832. The molecule has 0 radical (unpaired) electrons. The Morgan fingerprint density at radius 1 is 0.451 bits per heavy atom. The highest BCUT2D eigenvalue weighted by Gasteiger charge is 2.27. The molecule has 4 nitrogen and oxygen atoms in total. The number of aliphatic imine (C=N–C) groups is 1. The maximum Gasteiger partial charge on any atom is 0.136 e. The molecule has 0 aliphatic carbocycles. The second-order valence-electron chi connectivity index (χ2n) is 13.2. The quantitative estimate of drug-likeness (QED) is 0.181. The second-order valence-corrected chi connectivity index (χ2v) is 13.2. The average molecular weight is 656 g/mol. The summed E-state index contributed by atoms with van der Waals surface area (Å²) in [6.45, 7) is 0. The number of hydrogen-bond acceptors (Lipinski definition) is 4. The molecule has 0 saturated carbocycles. The zero-order chi connectivity index (χ0) is 33.7. The fourth-order valence-corrected chi connectivity index (χ4v) is 7.57. The van der Waals surface area contributed by atoms with Crippen molar-refractivity contribution in [1.82, 2.24) is 10.6 Å². The largest absolute Gasteiger partial charge is 0.456 e. The number of rotatable bonds is 5. The van der Waals surface area contributed by atoms with E-state index in [4.69, 9.17) is 9.41 Å². The van der Waals surface area contributed by atoms with Crippen LogP contribution in [0.3, 0.4) is 0 Å². The van der Waals surface area contributed by atoms with Crippen molar-refractivity contribution in [3.05, 3.63) is 193 Å². The zero-order valence-corrected chi connectivity index (χ0v) is 27.8. The number of benzene rings is 8. The minimum atomic E-state index is -0.236. The molecule has 51 heavy (non-hydrogen) atoms. The van der Waals surface area contributed by atoms with Crippen molar-refractivity contribution in [2.75, 3.05) is 0 Å². The number of nitrogens with one attached hydrogen (secondary N) is 2. The first-order valence-corrected chi connectivity index (χ1v) is 17.4. The van der Waals surface area contributed by atoms with E-state index in [2.05, 4.69) is 168 Å². The summed E-state index contributed by atoms with van der Waals surface area (Å²) in [7, 11) is 0. The number of hydrogen-bond donors (Lipinski definition) is 2. The van der Waals surface area contributed by atoms with Gasteiger partial charge in [-0.1, -0.05) is 152 Å². The fraction of sp³-hybridized carbons (Fsp3) is 0.0426. The predicted octanol–water partition coefficient (Wildman–Crippen LogP) is 11.6. The molecule has 1 aliphatic rings. The topological polar surface area (TPSA) is 49.6 Å². The summed E-state index contributed by atoms with van der Waals surface area (Å²) < 4.78 is 6.47. The highest BCUT2D eigenvalue weighted by molar-refractivity contribution is 6.18. The lowest BCUT2D eigenvalue weighted by molar-refractivity contribution is 0.409. The molecule has 1 aromatic heterocycles. The van der Waals surface area contributed by atoms with Gasteiger partial charge >= 0.3 is 0 Å². The molecular formula is C47H33N3O. The van der Waals surface area contributed by atoms with Crippen LogP contribution in [0.4, 0.5) is 0 Å². The van der Waals surface area contributed by atoms with E-state index in [-0.39, 0.29) is 12.3 Å². The van der Waals surface area contributed by atoms with Crippen LogP contribution in [0.15, 0.2) is 185 Å². The van der Waals surface area contributed by atoms with Crippen molar-refractivity contribution in [3.8, 4) is 22.3 Å². The molecule has 2 heterocycles. The van der Waals surface area contributed by atoms with E-state index in [1.54, 1.807) is 0 Å². The average Bonchev–Trinajstić information content (AvgIpc) is 3.59. The van der Waals surface area contributed by atoms with Crippen molar-refractivity contribution < 1.29 is 4.42 Å². The van der Waals surface area contributed by atoms with Gasteiger partial charge in [-0.2, -0.15) is 0 Å². The smallest absolute Gasteiger partial charge is 0.136 e. The lowest BCUT2D eigenvalue weighted by Crippen LogP contribution is -2.45. The second kappa shape index (κ2) is 12.1. The molecule has 0 saturated heterocycles. The molecule has 0 amide bonds. The van der Waals surface area contributed by atoms with E-state index >= 15 is 0 Å². The van der Waals surface area contributed by atoms with E-state index in [9.17, 15) is 0 Å². The van der Waals surface area contributed by atoms with Crippen molar-refractivity contribution in [3.63, 3.8) is 0 Å². The number of fused-ring (bicyclic) bond motifs is 6. The van der Waals surface area contributed by atoms with Gasteiger partial charge in [0.15, 0.2) is 0 Å². The van der Waals surface area contributed by atoms with E-state index < -0.39 is 0 Å². The Morgan fingerprint density at radius 3 is 1.96 bits per heavy atom. The first-order chi connectivity index (χ1) is 25.2. The molecule has 9 aromatic rings. The number of furan rings is 1. The highest BCUT2D eigenvalue weighted by atomic mass is 16.3. The van der Waals surface area contributed by atoms with Gasteiger partial charge in [0, 0.05) is 16.3 Å². The lowest BCUT2D eigenvalue weighted by atomic mass is 9.96.